The molecule has 0 fully saturated rings. The van der Waals surface area contributed by atoms with E-state index in [-0.39, 0.29) is 0 Å². The number of halogens is 1. The number of pyridine rings is 1. The molecule has 6 nitrogen and oxygen atoms in total. The summed E-state index contributed by atoms with van der Waals surface area (Å²) in [6, 6.07) is 5.25. The highest BCUT2D eigenvalue weighted by Gasteiger charge is 2.10. The molecule has 0 aromatic carbocycles. The number of nitrogens with zero attached hydrogens (tertiary/aromatic N) is 2. The molecular weight excluding hydrogens is 336 g/mol. The van der Waals surface area contributed by atoms with Gasteiger partial charge in [-0.15, -0.1) is 0 Å². The van der Waals surface area contributed by atoms with Crippen molar-refractivity contribution in [2.24, 2.45) is 7.05 Å². The van der Waals surface area contributed by atoms with E-state index in [2.05, 4.69) is 31.8 Å². The number of aryl methyl sites for hydroxylation is 1. The maximum atomic E-state index is 11.9. The molecular formula is C14H13BrN4O2. The van der Waals surface area contributed by atoms with Crippen LogP contribution in [-0.4, -0.2) is 21.4 Å². The van der Waals surface area contributed by atoms with Crippen LogP contribution in [0.15, 0.2) is 47.3 Å². The number of hydrogen-bond donors (Lipinski definition) is 2. The predicted octanol–water partition coefficient (Wildman–Crippen LogP) is 1.66. The molecule has 0 saturated heterocycles. The number of carbonyl (C=O) groups excluding carboxylic acids is 2. The monoisotopic (exact) mass is 348 g/mol. The summed E-state index contributed by atoms with van der Waals surface area (Å²) in [6.45, 7) is 0. The molecule has 0 radical (unpaired) electrons. The van der Waals surface area contributed by atoms with Gasteiger partial charge in [0.1, 0.15) is 5.69 Å². The first-order chi connectivity index (χ1) is 10.1. The Hall–Kier alpha value is -2.41. The Labute approximate surface area is 130 Å². The first kappa shape index (κ1) is 15.0. The van der Waals surface area contributed by atoms with Gasteiger partial charge in [0.25, 0.3) is 11.8 Å². The van der Waals surface area contributed by atoms with Gasteiger partial charge in [0.15, 0.2) is 0 Å². The van der Waals surface area contributed by atoms with E-state index in [1.54, 1.807) is 48.4 Å². The molecule has 0 spiro atoms. The van der Waals surface area contributed by atoms with Crippen molar-refractivity contribution in [1.82, 2.24) is 20.4 Å². The fraction of sp³-hybridized carbons (Fsp3) is 0.0714. The van der Waals surface area contributed by atoms with Gasteiger partial charge in [-0.25, -0.2) is 0 Å². The van der Waals surface area contributed by atoms with Crippen LogP contribution < -0.4 is 10.9 Å². The van der Waals surface area contributed by atoms with Crippen LogP contribution in [0.4, 0.5) is 0 Å². The Bertz CT molecular complexity index is 680. The lowest BCUT2D eigenvalue weighted by molar-refractivity contribution is -0.117. The molecule has 7 heteroatoms. The summed E-state index contributed by atoms with van der Waals surface area (Å²) in [7, 11) is 1.74. The van der Waals surface area contributed by atoms with Gasteiger partial charge in [-0.1, -0.05) is 6.07 Å². The van der Waals surface area contributed by atoms with Crippen molar-refractivity contribution in [2.75, 3.05) is 0 Å². The largest absolute Gasteiger partial charge is 0.345 e. The van der Waals surface area contributed by atoms with Crippen molar-refractivity contribution in [3.05, 3.63) is 58.6 Å². The average molecular weight is 349 g/mol. The van der Waals surface area contributed by atoms with Crippen molar-refractivity contribution >= 4 is 33.8 Å². The van der Waals surface area contributed by atoms with E-state index in [4.69, 9.17) is 0 Å². The normalized spacial score (nSPS) is 10.6. The fourth-order valence-corrected chi connectivity index (χ4v) is 2.14. The van der Waals surface area contributed by atoms with E-state index < -0.39 is 11.8 Å². The number of hydrazine groups is 1. The van der Waals surface area contributed by atoms with Crippen molar-refractivity contribution in [3.63, 3.8) is 0 Å². The lowest BCUT2D eigenvalue weighted by Crippen LogP contribution is -2.41. The van der Waals surface area contributed by atoms with Gasteiger partial charge in [0.2, 0.25) is 0 Å². The molecule has 0 atom stereocenters. The van der Waals surface area contributed by atoms with E-state index in [9.17, 15) is 9.59 Å². The minimum Gasteiger partial charge on any atom is -0.345 e. The number of carbonyl (C=O) groups is 2. The molecule has 0 unspecified atom stereocenters. The Balaban J connectivity index is 1.88. The molecule has 0 bridgehead atoms. The van der Waals surface area contributed by atoms with Crippen molar-refractivity contribution in [1.29, 1.82) is 0 Å². The SMILES string of the molecule is Cn1cc(Br)cc1C(=O)NNC(=O)/C=C/c1cccnc1. The highest BCUT2D eigenvalue weighted by Crippen LogP contribution is 2.13. The Morgan fingerprint density at radius 2 is 2.19 bits per heavy atom. The van der Waals surface area contributed by atoms with Crippen LogP contribution in [0.1, 0.15) is 16.1 Å². The standard InChI is InChI=1S/C14H13BrN4O2/c1-19-9-11(15)7-12(19)14(21)18-17-13(20)5-4-10-3-2-6-16-8-10/h2-9H,1H3,(H,17,20)(H,18,21)/b5-4+. The maximum absolute atomic E-state index is 11.9. The van der Waals surface area contributed by atoms with Crippen LogP contribution >= 0.6 is 15.9 Å². The van der Waals surface area contributed by atoms with E-state index in [0.717, 1.165) is 10.0 Å². The quantitative estimate of drug-likeness (QED) is 0.654. The molecule has 2 N–H and O–H groups in total. The van der Waals surface area contributed by atoms with Crippen LogP contribution in [0.2, 0.25) is 0 Å². The molecule has 0 aliphatic carbocycles. The van der Waals surface area contributed by atoms with E-state index in [0.29, 0.717) is 5.69 Å². The fourth-order valence-electron chi connectivity index (χ4n) is 1.62. The van der Waals surface area contributed by atoms with E-state index in [1.807, 2.05) is 6.07 Å². The van der Waals surface area contributed by atoms with Gasteiger partial charge in [0.05, 0.1) is 0 Å². The zero-order valence-corrected chi connectivity index (χ0v) is 12.8. The van der Waals surface area contributed by atoms with Gasteiger partial charge in [-0.05, 0) is 39.7 Å². The van der Waals surface area contributed by atoms with Crippen LogP contribution in [-0.2, 0) is 11.8 Å². The van der Waals surface area contributed by atoms with Gasteiger partial charge in [-0.2, -0.15) is 0 Å². The lowest BCUT2D eigenvalue weighted by Gasteiger charge is -2.05. The third-order valence-corrected chi connectivity index (χ3v) is 3.05. The van der Waals surface area contributed by atoms with Gasteiger partial charge in [0, 0.05) is 36.2 Å². The summed E-state index contributed by atoms with van der Waals surface area (Å²) in [4.78, 5) is 27.4. The molecule has 0 aliphatic heterocycles. The Morgan fingerprint density at radius 1 is 1.38 bits per heavy atom. The summed E-state index contributed by atoms with van der Waals surface area (Å²) in [5.41, 5.74) is 5.88. The van der Waals surface area contributed by atoms with Crippen LogP contribution in [0.3, 0.4) is 0 Å². The van der Waals surface area contributed by atoms with Crippen molar-refractivity contribution < 1.29 is 9.59 Å². The number of rotatable bonds is 3. The summed E-state index contributed by atoms with van der Waals surface area (Å²) >= 11 is 3.28. The highest BCUT2D eigenvalue weighted by atomic mass is 79.9. The first-order valence-corrected chi connectivity index (χ1v) is 6.86. The minimum atomic E-state index is -0.430. The van der Waals surface area contributed by atoms with Crippen LogP contribution in [0.5, 0.6) is 0 Å². The third kappa shape index (κ3) is 4.28. The molecule has 108 valence electrons. The Kier molecular flexibility index (Phi) is 4.89. The van der Waals surface area contributed by atoms with Crippen LogP contribution in [0, 0.1) is 0 Å². The number of amides is 2. The summed E-state index contributed by atoms with van der Waals surface area (Å²) < 4.78 is 2.44. The van der Waals surface area contributed by atoms with Crippen molar-refractivity contribution in [2.45, 2.75) is 0 Å². The molecule has 0 aliphatic rings. The molecule has 0 saturated carbocycles. The molecule has 21 heavy (non-hydrogen) atoms. The first-order valence-electron chi connectivity index (χ1n) is 6.06. The molecule has 2 aromatic rings. The second-order valence-electron chi connectivity index (χ2n) is 4.22. The highest BCUT2D eigenvalue weighted by molar-refractivity contribution is 9.10. The van der Waals surface area contributed by atoms with Crippen molar-refractivity contribution in [3.8, 4) is 0 Å². The topological polar surface area (TPSA) is 76.0 Å². The van der Waals surface area contributed by atoms with Gasteiger partial charge in [-0.3, -0.25) is 25.4 Å². The smallest absolute Gasteiger partial charge is 0.286 e. The van der Waals surface area contributed by atoms with Crippen LogP contribution in [0.25, 0.3) is 6.08 Å². The maximum Gasteiger partial charge on any atom is 0.286 e. The molecule has 2 aromatic heterocycles. The molecule has 2 rings (SSSR count). The second kappa shape index (κ2) is 6.85. The third-order valence-electron chi connectivity index (χ3n) is 2.62. The Morgan fingerprint density at radius 3 is 2.81 bits per heavy atom. The second-order valence-corrected chi connectivity index (χ2v) is 5.13. The zero-order valence-electron chi connectivity index (χ0n) is 11.2. The summed E-state index contributed by atoms with van der Waals surface area (Å²) in [6.07, 6.45) is 7.95. The average Bonchev–Trinajstić information content (AvgIpc) is 2.82. The zero-order chi connectivity index (χ0) is 15.2. The molecule has 2 heterocycles. The minimum absolute atomic E-state index is 0.397. The summed E-state index contributed by atoms with van der Waals surface area (Å²) in [5, 5.41) is 0. The number of aromatic nitrogens is 2. The van der Waals surface area contributed by atoms with Gasteiger partial charge >= 0.3 is 0 Å². The number of hydrogen-bond acceptors (Lipinski definition) is 3. The lowest BCUT2D eigenvalue weighted by atomic mass is 10.2. The summed E-state index contributed by atoms with van der Waals surface area (Å²) in [5.74, 6) is -0.827. The van der Waals surface area contributed by atoms with Gasteiger partial charge < -0.3 is 4.57 Å². The van der Waals surface area contributed by atoms with E-state index >= 15 is 0 Å². The molecule has 2 amide bonds. The number of nitrogens with one attached hydrogen (secondary N) is 2. The predicted molar refractivity (Wildman–Crippen MR) is 82.0 cm³/mol. The van der Waals surface area contributed by atoms with E-state index in [1.165, 1.54) is 6.08 Å².